The molecular weight excluding hydrogens is 313 g/mol. The van der Waals surface area contributed by atoms with Crippen molar-refractivity contribution in [2.75, 3.05) is 0 Å². The molecule has 1 aromatic carbocycles. The number of fused-ring (bicyclic) bond motifs is 1. The van der Waals surface area contributed by atoms with Gasteiger partial charge in [-0.2, -0.15) is 0 Å². The molecule has 122 valence electrons. The van der Waals surface area contributed by atoms with Gasteiger partial charge >= 0.3 is 0 Å². The van der Waals surface area contributed by atoms with Gasteiger partial charge in [-0.05, 0) is 49.9 Å². The van der Waals surface area contributed by atoms with Crippen LogP contribution in [0.25, 0.3) is 0 Å². The number of carbonyl (C=O) groups is 1. The van der Waals surface area contributed by atoms with Gasteiger partial charge in [-0.25, -0.2) is 4.39 Å². The topological polar surface area (TPSA) is 52.3 Å². The Labute approximate surface area is 139 Å². The number of benzene rings is 1. The Morgan fingerprint density at radius 3 is 2.65 bits per heavy atom. The van der Waals surface area contributed by atoms with Gasteiger partial charge in [-0.3, -0.25) is 4.79 Å². The van der Waals surface area contributed by atoms with E-state index in [1.54, 1.807) is 23.5 Å². The number of aryl methyl sites for hydroxylation is 2. The molecule has 0 radical (unpaired) electrons. The molecule has 2 heterocycles. The lowest BCUT2D eigenvalue weighted by atomic mass is 9.91. The average Bonchev–Trinajstić information content (AvgIpc) is 2.83. The Bertz CT molecular complexity index is 734. The number of primary amides is 1. The van der Waals surface area contributed by atoms with Crippen LogP contribution in [0.3, 0.4) is 0 Å². The molecule has 1 aromatic heterocycles. The largest absolute Gasteiger partial charge is 0.370 e. The van der Waals surface area contributed by atoms with Crippen molar-refractivity contribution in [3.05, 3.63) is 56.5 Å². The third-order valence-corrected chi connectivity index (χ3v) is 5.43. The fraction of sp³-hybridized carbons (Fsp3) is 0.389. The second kappa shape index (κ2) is 6.06. The molecule has 1 amide bonds. The molecule has 5 heteroatoms. The highest BCUT2D eigenvalue weighted by molar-refractivity contribution is 7.12. The zero-order valence-electron chi connectivity index (χ0n) is 13.3. The van der Waals surface area contributed by atoms with Crippen molar-refractivity contribution in [1.29, 1.82) is 0 Å². The van der Waals surface area contributed by atoms with Crippen LogP contribution in [0, 0.1) is 5.82 Å². The SMILES string of the molecule is CC1(C)Cc2c(sc(CCc3ccc(F)cc3)c2C(N)=O)CO1. The summed E-state index contributed by atoms with van der Waals surface area (Å²) in [5.41, 5.74) is 8.13. The highest BCUT2D eigenvalue weighted by atomic mass is 32.1. The highest BCUT2D eigenvalue weighted by Gasteiger charge is 2.32. The predicted octanol–water partition coefficient (Wildman–Crippen LogP) is 3.62. The molecule has 0 saturated heterocycles. The Hall–Kier alpha value is -1.72. The molecule has 1 aliphatic rings. The number of hydrogen-bond acceptors (Lipinski definition) is 3. The van der Waals surface area contributed by atoms with E-state index < -0.39 is 0 Å². The minimum atomic E-state index is -0.366. The Balaban J connectivity index is 1.86. The second-order valence-electron chi connectivity index (χ2n) is 6.52. The molecule has 0 saturated carbocycles. The Morgan fingerprint density at radius 1 is 1.30 bits per heavy atom. The molecule has 3 nitrogen and oxygen atoms in total. The van der Waals surface area contributed by atoms with Crippen LogP contribution in [-0.2, 0) is 30.6 Å². The summed E-state index contributed by atoms with van der Waals surface area (Å²) in [4.78, 5) is 14.1. The molecule has 2 aromatic rings. The molecule has 0 aliphatic carbocycles. The maximum absolute atomic E-state index is 13.0. The van der Waals surface area contributed by atoms with Crippen molar-refractivity contribution >= 4 is 17.2 Å². The van der Waals surface area contributed by atoms with Gasteiger partial charge in [-0.15, -0.1) is 11.3 Å². The summed E-state index contributed by atoms with van der Waals surface area (Å²) in [5.74, 6) is -0.605. The van der Waals surface area contributed by atoms with Gasteiger partial charge < -0.3 is 10.5 Å². The summed E-state index contributed by atoms with van der Waals surface area (Å²) in [6.07, 6.45) is 2.18. The summed E-state index contributed by atoms with van der Waals surface area (Å²) < 4.78 is 18.8. The minimum Gasteiger partial charge on any atom is -0.370 e. The number of ether oxygens (including phenoxy) is 1. The van der Waals surface area contributed by atoms with E-state index in [4.69, 9.17) is 10.5 Å². The van der Waals surface area contributed by atoms with Crippen LogP contribution >= 0.6 is 11.3 Å². The molecule has 1 aliphatic heterocycles. The summed E-state index contributed by atoms with van der Waals surface area (Å²) in [6.45, 7) is 4.58. The zero-order chi connectivity index (χ0) is 16.6. The molecule has 0 atom stereocenters. The van der Waals surface area contributed by atoms with Crippen LogP contribution in [0.4, 0.5) is 4.39 Å². The number of carbonyl (C=O) groups excluding carboxylic acids is 1. The van der Waals surface area contributed by atoms with Crippen LogP contribution in [0.2, 0.25) is 0 Å². The van der Waals surface area contributed by atoms with Crippen molar-refractivity contribution in [1.82, 2.24) is 0 Å². The zero-order valence-corrected chi connectivity index (χ0v) is 14.1. The van der Waals surface area contributed by atoms with Crippen molar-refractivity contribution < 1.29 is 13.9 Å². The van der Waals surface area contributed by atoms with E-state index in [2.05, 4.69) is 0 Å². The number of amides is 1. The molecule has 0 unspecified atom stereocenters. The first kappa shape index (κ1) is 16.1. The normalized spacial score (nSPS) is 16.1. The molecule has 0 bridgehead atoms. The van der Waals surface area contributed by atoms with Gasteiger partial charge in [0.1, 0.15) is 5.82 Å². The van der Waals surface area contributed by atoms with Gasteiger partial charge in [0.15, 0.2) is 0 Å². The second-order valence-corrected chi connectivity index (χ2v) is 7.71. The monoisotopic (exact) mass is 333 g/mol. The molecule has 0 spiro atoms. The maximum Gasteiger partial charge on any atom is 0.250 e. The lowest BCUT2D eigenvalue weighted by molar-refractivity contribution is -0.0383. The Kier molecular flexibility index (Phi) is 4.25. The van der Waals surface area contributed by atoms with Crippen LogP contribution in [0.1, 0.15) is 45.1 Å². The van der Waals surface area contributed by atoms with E-state index in [9.17, 15) is 9.18 Å². The van der Waals surface area contributed by atoms with Gasteiger partial charge in [0.2, 0.25) is 5.91 Å². The van der Waals surface area contributed by atoms with E-state index >= 15 is 0 Å². The maximum atomic E-state index is 13.0. The van der Waals surface area contributed by atoms with E-state index in [0.29, 0.717) is 18.6 Å². The summed E-state index contributed by atoms with van der Waals surface area (Å²) in [6, 6.07) is 6.47. The summed E-state index contributed by atoms with van der Waals surface area (Å²) >= 11 is 1.61. The Morgan fingerprint density at radius 2 is 2.00 bits per heavy atom. The van der Waals surface area contributed by atoms with Gasteiger partial charge in [0.25, 0.3) is 0 Å². The molecular formula is C18H20FNO2S. The minimum absolute atomic E-state index is 0.238. The number of nitrogens with two attached hydrogens (primary N) is 1. The fourth-order valence-corrected chi connectivity index (χ4v) is 4.22. The van der Waals surface area contributed by atoms with E-state index in [1.807, 2.05) is 13.8 Å². The lowest BCUT2D eigenvalue weighted by Crippen LogP contribution is -2.32. The van der Waals surface area contributed by atoms with Crippen molar-refractivity contribution in [3.8, 4) is 0 Å². The van der Waals surface area contributed by atoms with Gasteiger partial charge in [-0.1, -0.05) is 12.1 Å². The number of hydrogen-bond donors (Lipinski definition) is 1. The van der Waals surface area contributed by atoms with E-state index in [1.165, 1.54) is 12.1 Å². The summed E-state index contributed by atoms with van der Waals surface area (Å²) in [5, 5.41) is 0. The first-order valence-corrected chi connectivity index (χ1v) is 8.49. The van der Waals surface area contributed by atoms with E-state index in [0.717, 1.165) is 33.7 Å². The third-order valence-electron chi connectivity index (χ3n) is 4.16. The van der Waals surface area contributed by atoms with Crippen molar-refractivity contribution in [2.45, 2.75) is 45.3 Å². The predicted molar refractivity (Wildman–Crippen MR) is 89.2 cm³/mol. The molecule has 3 rings (SSSR count). The van der Waals surface area contributed by atoms with Crippen LogP contribution in [0.15, 0.2) is 24.3 Å². The quantitative estimate of drug-likeness (QED) is 0.929. The first-order chi connectivity index (χ1) is 10.9. The molecule has 2 N–H and O–H groups in total. The smallest absolute Gasteiger partial charge is 0.250 e. The van der Waals surface area contributed by atoms with Crippen LogP contribution in [-0.4, -0.2) is 11.5 Å². The lowest BCUT2D eigenvalue weighted by Gasteiger charge is -2.30. The first-order valence-electron chi connectivity index (χ1n) is 7.67. The third kappa shape index (κ3) is 3.46. The van der Waals surface area contributed by atoms with Gasteiger partial charge in [0, 0.05) is 16.2 Å². The standard InChI is InChI=1S/C18H20FNO2S/c1-18(2)9-13-15(10-22-18)23-14(16(13)17(20)21)8-5-11-3-6-12(19)7-4-11/h3-4,6-7H,5,8-10H2,1-2H3,(H2,20,21). The molecule has 0 fully saturated rings. The van der Waals surface area contributed by atoms with E-state index in [-0.39, 0.29) is 17.3 Å². The van der Waals surface area contributed by atoms with Gasteiger partial charge in [0.05, 0.1) is 17.8 Å². The van der Waals surface area contributed by atoms with Crippen LogP contribution < -0.4 is 5.73 Å². The summed E-state index contributed by atoms with van der Waals surface area (Å²) in [7, 11) is 0. The average molecular weight is 333 g/mol. The van der Waals surface area contributed by atoms with Crippen molar-refractivity contribution in [3.63, 3.8) is 0 Å². The van der Waals surface area contributed by atoms with Crippen molar-refractivity contribution in [2.24, 2.45) is 5.73 Å². The van der Waals surface area contributed by atoms with Crippen LogP contribution in [0.5, 0.6) is 0 Å². The number of thiophene rings is 1. The fourth-order valence-electron chi connectivity index (χ4n) is 2.98. The number of halogens is 1. The molecule has 23 heavy (non-hydrogen) atoms. The highest BCUT2D eigenvalue weighted by Crippen LogP contribution is 2.37. The number of rotatable bonds is 4.